The Morgan fingerprint density at radius 2 is 1.92 bits per heavy atom. The van der Waals surface area contributed by atoms with Crippen molar-refractivity contribution in [3.05, 3.63) is 53.8 Å². The third kappa shape index (κ3) is 2.10. The molecule has 5 aromatic rings. The van der Waals surface area contributed by atoms with Crippen molar-refractivity contribution in [2.45, 2.75) is 0 Å². The average Bonchev–Trinajstić information content (AvgIpc) is 3.28. The zero-order valence-electron chi connectivity index (χ0n) is 12.0. The van der Waals surface area contributed by atoms with E-state index >= 15 is 0 Å². The van der Waals surface area contributed by atoms with Crippen LogP contribution in [0.15, 0.2) is 53.2 Å². The summed E-state index contributed by atoms with van der Waals surface area (Å²) in [7, 11) is 0. The molecule has 0 unspecified atom stereocenters. The maximum atomic E-state index is 6.03. The molecule has 8 heteroatoms. The van der Waals surface area contributed by atoms with E-state index < -0.39 is 0 Å². The molecule has 1 aromatic carbocycles. The van der Waals surface area contributed by atoms with E-state index in [1.165, 1.54) is 11.3 Å². The van der Waals surface area contributed by atoms with E-state index in [2.05, 4.69) is 20.3 Å². The summed E-state index contributed by atoms with van der Waals surface area (Å²) < 4.78 is 7.59. The Morgan fingerprint density at radius 3 is 2.79 bits per heavy atom. The molecule has 6 nitrogen and oxygen atoms in total. The van der Waals surface area contributed by atoms with Gasteiger partial charge in [-0.1, -0.05) is 22.9 Å². The Bertz CT molecular complexity index is 1180. The SMILES string of the molecule is Clc1ccc2oc(-c3nn4c(-c5ccncc5)nnc4s3)cc2c1. The van der Waals surface area contributed by atoms with E-state index in [1.54, 1.807) is 23.0 Å². The number of pyridine rings is 1. The Labute approximate surface area is 144 Å². The van der Waals surface area contributed by atoms with Crippen LogP contribution in [-0.4, -0.2) is 24.8 Å². The molecule has 0 amide bonds. The highest BCUT2D eigenvalue weighted by atomic mass is 35.5. The summed E-state index contributed by atoms with van der Waals surface area (Å²) in [5.41, 5.74) is 1.68. The van der Waals surface area contributed by atoms with Crippen molar-refractivity contribution >= 4 is 38.9 Å². The summed E-state index contributed by atoms with van der Waals surface area (Å²) in [6.07, 6.45) is 3.43. The molecule has 0 saturated heterocycles. The molecule has 0 saturated carbocycles. The van der Waals surface area contributed by atoms with Gasteiger partial charge in [-0.25, -0.2) is 0 Å². The van der Waals surface area contributed by atoms with Crippen molar-refractivity contribution in [3.63, 3.8) is 0 Å². The van der Waals surface area contributed by atoms with E-state index in [9.17, 15) is 0 Å². The smallest absolute Gasteiger partial charge is 0.235 e. The van der Waals surface area contributed by atoms with Crippen LogP contribution >= 0.6 is 22.9 Å². The van der Waals surface area contributed by atoms with Gasteiger partial charge in [0.15, 0.2) is 16.6 Å². The molecule has 0 radical (unpaired) electrons. The van der Waals surface area contributed by atoms with Crippen LogP contribution in [0.4, 0.5) is 0 Å². The predicted octanol–water partition coefficient (Wildman–Crippen LogP) is 4.31. The molecular formula is C16H8ClN5OS. The number of furan rings is 1. The van der Waals surface area contributed by atoms with Crippen LogP contribution in [0.2, 0.25) is 5.02 Å². The largest absolute Gasteiger partial charge is 0.453 e. The molecule has 4 aromatic heterocycles. The third-order valence-corrected chi connectivity index (χ3v) is 4.77. The molecule has 0 spiro atoms. The van der Waals surface area contributed by atoms with Crippen molar-refractivity contribution in [1.29, 1.82) is 0 Å². The van der Waals surface area contributed by atoms with E-state index in [-0.39, 0.29) is 0 Å². The van der Waals surface area contributed by atoms with Crippen LogP contribution in [0.1, 0.15) is 0 Å². The first-order valence-electron chi connectivity index (χ1n) is 7.10. The van der Waals surface area contributed by atoms with Crippen molar-refractivity contribution < 1.29 is 4.42 Å². The zero-order valence-corrected chi connectivity index (χ0v) is 13.6. The summed E-state index contributed by atoms with van der Waals surface area (Å²) in [5.74, 6) is 1.36. The Hall–Kier alpha value is -2.77. The number of hydrogen-bond acceptors (Lipinski definition) is 6. The van der Waals surface area contributed by atoms with Crippen LogP contribution in [0.3, 0.4) is 0 Å². The predicted molar refractivity (Wildman–Crippen MR) is 92.1 cm³/mol. The Kier molecular flexibility index (Phi) is 2.91. The zero-order chi connectivity index (χ0) is 16.1. The molecule has 0 aliphatic heterocycles. The molecule has 4 heterocycles. The normalized spacial score (nSPS) is 11.5. The highest BCUT2D eigenvalue weighted by Gasteiger charge is 2.17. The van der Waals surface area contributed by atoms with Gasteiger partial charge in [0.05, 0.1) is 0 Å². The monoisotopic (exact) mass is 353 g/mol. The van der Waals surface area contributed by atoms with Gasteiger partial charge in [-0.05, 0) is 36.4 Å². The minimum atomic E-state index is 0.674. The van der Waals surface area contributed by atoms with Crippen LogP contribution in [0.5, 0.6) is 0 Å². The summed E-state index contributed by atoms with van der Waals surface area (Å²) >= 11 is 7.45. The standard InChI is InChI=1S/C16H8ClN5OS/c17-11-1-2-12-10(7-11)8-13(23-12)15-21-22-14(19-20-16(22)24-15)9-3-5-18-6-4-9/h1-8H. The maximum Gasteiger partial charge on any atom is 0.235 e. The van der Waals surface area contributed by atoms with E-state index in [4.69, 9.17) is 16.0 Å². The topological polar surface area (TPSA) is 69.1 Å². The molecule has 5 rings (SSSR count). The fraction of sp³-hybridized carbons (Fsp3) is 0. The van der Waals surface area contributed by atoms with Crippen molar-refractivity contribution in [2.24, 2.45) is 0 Å². The summed E-state index contributed by atoms with van der Waals surface area (Å²) in [6, 6.07) is 11.2. The lowest BCUT2D eigenvalue weighted by molar-refractivity contribution is 0.629. The fourth-order valence-corrected chi connectivity index (χ4v) is 3.49. The second-order valence-electron chi connectivity index (χ2n) is 5.15. The van der Waals surface area contributed by atoms with Gasteiger partial charge in [-0.15, -0.1) is 15.3 Å². The van der Waals surface area contributed by atoms with Gasteiger partial charge in [0.1, 0.15) is 5.58 Å². The minimum absolute atomic E-state index is 0.674. The first kappa shape index (κ1) is 13.6. The molecule has 0 aliphatic rings. The molecule has 116 valence electrons. The van der Waals surface area contributed by atoms with Crippen molar-refractivity contribution in [2.75, 3.05) is 0 Å². The molecule has 0 atom stereocenters. The first-order valence-corrected chi connectivity index (χ1v) is 8.29. The second-order valence-corrected chi connectivity index (χ2v) is 6.55. The summed E-state index contributed by atoms with van der Waals surface area (Å²) in [5, 5.41) is 15.3. The molecular weight excluding hydrogens is 346 g/mol. The number of nitrogens with zero attached hydrogens (tertiary/aromatic N) is 5. The average molecular weight is 354 g/mol. The van der Waals surface area contributed by atoms with Gasteiger partial charge in [0.25, 0.3) is 0 Å². The van der Waals surface area contributed by atoms with E-state index in [0.29, 0.717) is 21.6 Å². The number of benzene rings is 1. The first-order chi connectivity index (χ1) is 11.8. The number of hydrogen-bond donors (Lipinski definition) is 0. The van der Waals surface area contributed by atoms with Gasteiger partial charge in [-0.3, -0.25) is 4.98 Å². The number of rotatable bonds is 2. The Morgan fingerprint density at radius 1 is 1.04 bits per heavy atom. The Balaban J connectivity index is 1.66. The number of halogens is 1. The van der Waals surface area contributed by atoms with Gasteiger partial charge >= 0.3 is 0 Å². The van der Waals surface area contributed by atoms with Gasteiger partial charge in [0, 0.05) is 28.4 Å². The van der Waals surface area contributed by atoms with Crippen LogP contribution in [0, 0.1) is 0 Å². The van der Waals surface area contributed by atoms with Crippen LogP contribution < -0.4 is 0 Å². The van der Waals surface area contributed by atoms with Gasteiger partial charge in [0.2, 0.25) is 4.96 Å². The second kappa shape index (κ2) is 5.12. The number of aromatic nitrogens is 5. The highest BCUT2D eigenvalue weighted by Crippen LogP contribution is 2.32. The summed E-state index contributed by atoms with van der Waals surface area (Å²) in [4.78, 5) is 4.72. The molecule has 24 heavy (non-hydrogen) atoms. The molecule has 0 fully saturated rings. The fourth-order valence-electron chi connectivity index (χ4n) is 2.52. The maximum absolute atomic E-state index is 6.03. The number of fused-ring (bicyclic) bond motifs is 2. The lowest BCUT2D eigenvalue weighted by Gasteiger charge is -1.94. The van der Waals surface area contributed by atoms with Crippen LogP contribution in [-0.2, 0) is 0 Å². The molecule has 0 aliphatic carbocycles. The van der Waals surface area contributed by atoms with Crippen molar-refractivity contribution in [1.82, 2.24) is 24.8 Å². The van der Waals surface area contributed by atoms with E-state index in [1.807, 2.05) is 30.3 Å². The van der Waals surface area contributed by atoms with E-state index in [0.717, 1.165) is 21.5 Å². The quantitative estimate of drug-likeness (QED) is 0.473. The van der Waals surface area contributed by atoms with Gasteiger partial charge in [-0.2, -0.15) is 4.52 Å². The van der Waals surface area contributed by atoms with Gasteiger partial charge < -0.3 is 4.42 Å². The third-order valence-electron chi connectivity index (χ3n) is 3.62. The molecule has 0 bridgehead atoms. The lowest BCUT2D eigenvalue weighted by atomic mass is 10.2. The summed E-state index contributed by atoms with van der Waals surface area (Å²) in [6.45, 7) is 0. The van der Waals surface area contributed by atoms with Crippen LogP contribution in [0.25, 0.3) is 38.1 Å². The molecule has 0 N–H and O–H groups in total. The lowest BCUT2D eigenvalue weighted by Crippen LogP contribution is -1.90. The van der Waals surface area contributed by atoms with Crippen molar-refractivity contribution in [3.8, 4) is 22.2 Å². The highest BCUT2D eigenvalue weighted by molar-refractivity contribution is 7.19. The minimum Gasteiger partial charge on any atom is -0.453 e.